The Morgan fingerprint density at radius 2 is 1.93 bits per heavy atom. The number of nitrogens with one attached hydrogen (secondary N) is 3. The summed E-state index contributed by atoms with van der Waals surface area (Å²) in [6.07, 6.45) is 12.3. The molecule has 45 heavy (non-hydrogen) atoms. The number of hydrogen-bond acceptors (Lipinski definition) is 9. The lowest BCUT2D eigenvalue weighted by Crippen LogP contribution is -2.44. The van der Waals surface area contributed by atoms with Crippen LogP contribution in [-0.2, 0) is 4.79 Å². The molecule has 1 aromatic heterocycles. The summed E-state index contributed by atoms with van der Waals surface area (Å²) in [5.41, 5.74) is 2.60. The maximum absolute atomic E-state index is 14.0. The van der Waals surface area contributed by atoms with Crippen LogP contribution in [0.5, 0.6) is 0 Å². The van der Waals surface area contributed by atoms with E-state index in [0.29, 0.717) is 29.5 Å². The van der Waals surface area contributed by atoms with Crippen molar-refractivity contribution in [3.05, 3.63) is 42.1 Å². The van der Waals surface area contributed by atoms with E-state index in [1.807, 2.05) is 23.9 Å². The molecule has 4 fully saturated rings. The van der Waals surface area contributed by atoms with Gasteiger partial charge in [0.05, 0.1) is 23.8 Å². The smallest absolute Gasteiger partial charge is 0.315 e. The minimum absolute atomic E-state index is 0.0535. The third-order valence-electron chi connectivity index (χ3n) is 9.33. The Morgan fingerprint density at radius 3 is 2.69 bits per heavy atom. The fourth-order valence-electron chi connectivity index (χ4n) is 6.74. The van der Waals surface area contributed by atoms with Gasteiger partial charge in [0.2, 0.25) is 11.9 Å². The van der Waals surface area contributed by atoms with Crippen LogP contribution in [0.2, 0.25) is 0 Å². The Hall–Kier alpha value is -3.82. The van der Waals surface area contributed by atoms with Crippen molar-refractivity contribution in [2.24, 2.45) is 0 Å². The number of aromatic nitrogens is 2. The molecule has 4 aliphatic rings. The molecular weight excluding hydrogens is 586 g/mol. The number of carbonyl (C=O) groups is 2. The molecule has 0 spiro atoms. The summed E-state index contributed by atoms with van der Waals surface area (Å²) in [4.78, 5) is 41.6. The van der Waals surface area contributed by atoms with Crippen LogP contribution < -0.4 is 25.8 Å². The lowest BCUT2D eigenvalue weighted by molar-refractivity contribution is -0.118. The molecule has 238 valence electrons. The number of carbonyl (C=O) groups excluding carboxylic acids is 2. The molecule has 0 radical (unpaired) electrons. The van der Waals surface area contributed by atoms with Gasteiger partial charge in [0.25, 0.3) is 0 Å². The number of fused-ring (bicyclic) bond motifs is 1. The van der Waals surface area contributed by atoms with Crippen LogP contribution in [0, 0.1) is 11.3 Å². The number of piperazine rings is 1. The van der Waals surface area contributed by atoms with Crippen LogP contribution >= 0.6 is 11.8 Å². The number of urea groups is 1. The van der Waals surface area contributed by atoms with E-state index in [1.165, 1.54) is 18.9 Å². The Kier molecular flexibility index (Phi) is 10.1. The fourth-order valence-corrected chi connectivity index (χ4v) is 8.29. The molecule has 4 heterocycles. The second kappa shape index (κ2) is 14.5. The highest BCUT2D eigenvalue weighted by atomic mass is 32.2. The van der Waals surface area contributed by atoms with E-state index < -0.39 is 0 Å². The average Bonchev–Trinajstić information content (AvgIpc) is 3.78. The van der Waals surface area contributed by atoms with Crippen LogP contribution in [0.3, 0.4) is 0 Å². The molecule has 1 aliphatic carbocycles. The number of amides is 3. The van der Waals surface area contributed by atoms with Crippen LogP contribution in [0.4, 0.5) is 27.9 Å². The van der Waals surface area contributed by atoms with E-state index >= 15 is 0 Å². The lowest BCUT2D eigenvalue weighted by atomic mass is 10.0. The van der Waals surface area contributed by atoms with Gasteiger partial charge < -0.3 is 25.8 Å². The molecule has 3 aliphatic heterocycles. The van der Waals surface area contributed by atoms with E-state index in [9.17, 15) is 9.59 Å². The normalized spacial score (nSPS) is 23.5. The standard InChI is InChI=1S/C33H43N9O2S/c1-40-17-19-41(20-18-40)25-12-14-26(15-13-25)42(29(43)11-5-4-10-28-30-27(22-45-28)37-33(44)38-30)32-35-21-23(7-6-16-34)31(39-32)36-24-8-2-3-9-24/h6-7,12-15,21,24,27-28,30H,2-5,8-11,17-20,22H2,1H3,(H,35,36,39)(H2,37,38,44)/b7-6+/t27-,28-,30-/m0/s1. The molecule has 3 amide bonds. The fraction of sp³-hybridized carbons (Fsp3) is 0.545. The molecule has 2 aromatic rings. The number of nitriles is 1. The Labute approximate surface area is 269 Å². The second-order valence-corrected chi connectivity index (χ2v) is 13.7. The summed E-state index contributed by atoms with van der Waals surface area (Å²) >= 11 is 1.90. The number of allylic oxidation sites excluding steroid dienone is 1. The molecule has 3 atom stereocenters. The summed E-state index contributed by atoms with van der Waals surface area (Å²) in [6.45, 7) is 3.98. The number of hydrogen-bond donors (Lipinski definition) is 3. The van der Waals surface area contributed by atoms with Crippen LogP contribution in [0.1, 0.15) is 56.9 Å². The van der Waals surface area contributed by atoms with Gasteiger partial charge in [-0.15, -0.1) is 0 Å². The number of likely N-dealkylation sites (N-methyl/N-ethyl adjacent to an activating group) is 1. The van der Waals surface area contributed by atoms with Crippen molar-refractivity contribution in [1.29, 1.82) is 5.26 Å². The molecule has 3 saturated heterocycles. The molecule has 12 heteroatoms. The van der Waals surface area contributed by atoms with Crippen LogP contribution in [-0.4, -0.2) is 89.2 Å². The van der Waals surface area contributed by atoms with E-state index in [-0.39, 0.29) is 24.0 Å². The van der Waals surface area contributed by atoms with E-state index in [4.69, 9.17) is 10.2 Å². The summed E-state index contributed by atoms with van der Waals surface area (Å²) in [5.74, 6) is 1.85. The summed E-state index contributed by atoms with van der Waals surface area (Å²) in [5, 5.41) is 19.1. The van der Waals surface area contributed by atoms with E-state index in [2.05, 4.69) is 56.0 Å². The predicted molar refractivity (Wildman–Crippen MR) is 180 cm³/mol. The first-order valence-electron chi connectivity index (χ1n) is 16.2. The Bertz CT molecular complexity index is 1410. The molecule has 6 rings (SSSR count). The number of benzene rings is 1. The van der Waals surface area contributed by atoms with Gasteiger partial charge >= 0.3 is 6.03 Å². The minimum atomic E-state index is -0.0734. The Balaban J connectivity index is 1.20. The highest BCUT2D eigenvalue weighted by Crippen LogP contribution is 2.34. The highest BCUT2D eigenvalue weighted by Gasteiger charge is 2.42. The van der Waals surface area contributed by atoms with Gasteiger partial charge in [-0.1, -0.05) is 19.3 Å². The molecule has 3 N–H and O–H groups in total. The highest BCUT2D eigenvalue weighted by molar-refractivity contribution is 8.00. The van der Waals surface area contributed by atoms with Gasteiger partial charge in [-0.2, -0.15) is 22.0 Å². The zero-order chi connectivity index (χ0) is 31.2. The monoisotopic (exact) mass is 629 g/mol. The van der Waals surface area contributed by atoms with Gasteiger partial charge in [-0.25, -0.2) is 14.7 Å². The van der Waals surface area contributed by atoms with Crippen molar-refractivity contribution in [3.8, 4) is 6.07 Å². The topological polar surface area (TPSA) is 130 Å². The summed E-state index contributed by atoms with van der Waals surface area (Å²) < 4.78 is 0. The number of anilines is 4. The first kappa shape index (κ1) is 31.2. The van der Waals surface area contributed by atoms with Crippen LogP contribution in [0.15, 0.2) is 36.5 Å². The van der Waals surface area contributed by atoms with E-state index in [1.54, 1.807) is 17.2 Å². The Morgan fingerprint density at radius 1 is 1.16 bits per heavy atom. The van der Waals surface area contributed by atoms with Gasteiger partial charge in [0.1, 0.15) is 5.82 Å². The van der Waals surface area contributed by atoms with E-state index in [0.717, 1.165) is 81.0 Å². The number of rotatable bonds is 11. The number of nitrogens with zero attached hydrogens (tertiary/aromatic N) is 6. The third kappa shape index (κ3) is 7.53. The van der Waals surface area contributed by atoms with Crippen LogP contribution in [0.25, 0.3) is 6.08 Å². The first-order valence-corrected chi connectivity index (χ1v) is 17.3. The maximum Gasteiger partial charge on any atom is 0.315 e. The predicted octanol–water partition coefficient (Wildman–Crippen LogP) is 4.51. The summed E-state index contributed by atoms with van der Waals surface area (Å²) in [7, 11) is 2.15. The van der Waals surface area contributed by atoms with Gasteiger partial charge in [0, 0.05) is 73.2 Å². The molecule has 0 unspecified atom stereocenters. The quantitative estimate of drug-likeness (QED) is 0.187. The molecule has 1 aromatic carbocycles. The SMILES string of the molecule is CN1CCN(c2ccc(N(C(=O)CCCC[C@@H]3SC[C@@H]4NC(=O)N[C@@H]43)c3ncc(/C=C/C#N)c(NC4CCCC4)n3)cc2)CC1. The minimum Gasteiger partial charge on any atom is -0.369 e. The van der Waals surface area contributed by atoms with Crippen molar-refractivity contribution in [2.75, 3.05) is 54.1 Å². The average molecular weight is 630 g/mol. The zero-order valence-electron chi connectivity index (χ0n) is 26.0. The van der Waals surface area contributed by atoms with Crippen molar-refractivity contribution in [1.82, 2.24) is 25.5 Å². The number of unbranched alkanes of at least 4 members (excludes halogenated alkanes) is 1. The maximum atomic E-state index is 14.0. The molecule has 0 bridgehead atoms. The van der Waals surface area contributed by atoms with Crippen molar-refractivity contribution < 1.29 is 9.59 Å². The van der Waals surface area contributed by atoms with Crippen molar-refractivity contribution in [2.45, 2.75) is 74.7 Å². The number of thioether (sulfide) groups is 1. The lowest BCUT2D eigenvalue weighted by Gasteiger charge is -2.34. The largest absolute Gasteiger partial charge is 0.369 e. The first-order chi connectivity index (χ1) is 22.0. The zero-order valence-corrected chi connectivity index (χ0v) is 26.8. The van der Waals surface area contributed by atoms with Gasteiger partial charge in [0.15, 0.2) is 0 Å². The third-order valence-corrected chi connectivity index (χ3v) is 10.8. The van der Waals surface area contributed by atoms with Crippen molar-refractivity contribution in [3.63, 3.8) is 0 Å². The molecule has 11 nitrogen and oxygen atoms in total. The van der Waals surface area contributed by atoms with Gasteiger partial charge in [-0.3, -0.25) is 4.79 Å². The molecular formula is C33H43N9O2S. The van der Waals surface area contributed by atoms with Crippen molar-refractivity contribution >= 4 is 52.9 Å². The van der Waals surface area contributed by atoms with Gasteiger partial charge in [-0.05, 0) is 63.1 Å². The summed E-state index contributed by atoms with van der Waals surface area (Å²) in [6, 6.07) is 10.8. The molecule has 1 saturated carbocycles. The second-order valence-electron chi connectivity index (χ2n) is 12.5.